The summed E-state index contributed by atoms with van der Waals surface area (Å²) in [6.07, 6.45) is 5.64. The Balaban J connectivity index is 1.83. The number of rotatable bonds is 12. The highest BCUT2D eigenvalue weighted by Crippen LogP contribution is 2.28. The summed E-state index contributed by atoms with van der Waals surface area (Å²) in [7, 11) is 4.63. The maximum absolute atomic E-state index is 13.1. The van der Waals surface area contributed by atoms with Crippen molar-refractivity contribution in [2.45, 2.75) is 6.42 Å². The molecule has 3 aromatic carbocycles. The number of carbonyl (C=O) groups excluding carboxylic acids is 3. The average Bonchev–Trinajstić information content (AvgIpc) is 2.93. The fourth-order valence-electron chi connectivity index (χ4n) is 3.53. The lowest BCUT2D eigenvalue weighted by molar-refractivity contribution is -0.127. The molecule has 0 aliphatic heterocycles. The minimum Gasteiger partial charge on any atom is -0.497 e. The molecule has 36 heavy (non-hydrogen) atoms. The summed E-state index contributed by atoms with van der Waals surface area (Å²) < 4.78 is 15.7. The molecule has 6 nitrogen and oxygen atoms in total. The summed E-state index contributed by atoms with van der Waals surface area (Å²) in [5.74, 6) is -0.563. The van der Waals surface area contributed by atoms with Crippen LogP contribution in [0.5, 0.6) is 17.2 Å². The molecule has 3 aromatic rings. The van der Waals surface area contributed by atoms with E-state index >= 15 is 0 Å². The van der Waals surface area contributed by atoms with Gasteiger partial charge in [-0.2, -0.15) is 0 Å². The number of benzene rings is 3. The molecule has 1 unspecified atom stereocenters. The van der Waals surface area contributed by atoms with Crippen molar-refractivity contribution >= 4 is 29.5 Å². The van der Waals surface area contributed by atoms with E-state index in [2.05, 4.69) is 0 Å². The van der Waals surface area contributed by atoms with Gasteiger partial charge in [0.15, 0.2) is 28.8 Å². The van der Waals surface area contributed by atoms with Gasteiger partial charge >= 0.3 is 0 Å². The quantitative estimate of drug-likeness (QED) is 0.193. The van der Waals surface area contributed by atoms with E-state index in [1.54, 1.807) is 92.1 Å². The third-order valence-corrected chi connectivity index (χ3v) is 5.58. The van der Waals surface area contributed by atoms with Crippen LogP contribution in [0.2, 0.25) is 0 Å². The molecular formula is C30H28O6. The van der Waals surface area contributed by atoms with E-state index in [-0.39, 0.29) is 12.2 Å². The van der Waals surface area contributed by atoms with Crippen molar-refractivity contribution in [1.29, 1.82) is 0 Å². The van der Waals surface area contributed by atoms with Crippen LogP contribution in [0.1, 0.15) is 27.9 Å². The van der Waals surface area contributed by atoms with Crippen molar-refractivity contribution in [3.63, 3.8) is 0 Å². The molecule has 6 heteroatoms. The van der Waals surface area contributed by atoms with Gasteiger partial charge in [0.05, 0.1) is 27.2 Å². The van der Waals surface area contributed by atoms with Gasteiger partial charge in [0.25, 0.3) is 0 Å². The average molecular weight is 485 g/mol. The van der Waals surface area contributed by atoms with Gasteiger partial charge in [0.2, 0.25) is 0 Å². The first-order chi connectivity index (χ1) is 17.4. The van der Waals surface area contributed by atoms with Crippen LogP contribution >= 0.6 is 0 Å². The monoisotopic (exact) mass is 484 g/mol. The van der Waals surface area contributed by atoms with Gasteiger partial charge < -0.3 is 14.2 Å². The third-order valence-electron chi connectivity index (χ3n) is 5.58. The lowest BCUT2D eigenvalue weighted by atomic mass is 9.90. The second-order valence-electron chi connectivity index (χ2n) is 7.90. The van der Waals surface area contributed by atoms with E-state index < -0.39 is 17.5 Å². The highest BCUT2D eigenvalue weighted by atomic mass is 16.5. The Morgan fingerprint density at radius 3 is 1.86 bits per heavy atom. The molecule has 0 radical (unpaired) electrons. The first-order valence-electron chi connectivity index (χ1n) is 11.3. The maximum atomic E-state index is 13.1. The van der Waals surface area contributed by atoms with E-state index in [1.165, 1.54) is 26.4 Å². The Morgan fingerprint density at radius 1 is 0.694 bits per heavy atom. The van der Waals surface area contributed by atoms with Gasteiger partial charge in [-0.1, -0.05) is 60.7 Å². The van der Waals surface area contributed by atoms with Gasteiger partial charge in [-0.05, 0) is 47.5 Å². The molecule has 184 valence electrons. The molecule has 0 bridgehead atoms. The molecule has 0 amide bonds. The van der Waals surface area contributed by atoms with E-state index in [0.717, 1.165) is 5.56 Å². The van der Waals surface area contributed by atoms with Gasteiger partial charge in [0, 0.05) is 12.0 Å². The second kappa shape index (κ2) is 12.9. The summed E-state index contributed by atoms with van der Waals surface area (Å²) in [5.41, 5.74) is 1.91. The zero-order valence-corrected chi connectivity index (χ0v) is 20.5. The van der Waals surface area contributed by atoms with Crippen LogP contribution in [0.3, 0.4) is 0 Å². The number of carbonyl (C=O) groups is 3. The number of hydrogen-bond acceptors (Lipinski definition) is 6. The minimum absolute atomic E-state index is 0.231. The van der Waals surface area contributed by atoms with Crippen molar-refractivity contribution in [3.05, 3.63) is 102 Å². The summed E-state index contributed by atoms with van der Waals surface area (Å²) in [6, 6.07) is 21.0. The Hall–Kier alpha value is -4.45. The highest BCUT2D eigenvalue weighted by molar-refractivity contribution is 6.16. The SMILES string of the molecule is COc1ccc(/C=C/C(=O)C(CC(=O)c2ccccc2)C(=O)/C=C/c2ccc(OC)c(OC)c2)cc1. The molecule has 0 N–H and O–H groups in total. The lowest BCUT2D eigenvalue weighted by Gasteiger charge is -2.11. The zero-order chi connectivity index (χ0) is 25.9. The molecule has 0 heterocycles. The molecule has 1 atom stereocenters. The Labute approximate surface area is 210 Å². The van der Waals surface area contributed by atoms with Gasteiger partial charge in [-0.25, -0.2) is 0 Å². The number of ether oxygens (including phenoxy) is 3. The number of methoxy groups -OCH3 is 3. The van der Waals surface area contributed by atoms with Crippen molar-refractivity contribution in [1.82, 2.24) is 0 Å². The topological polar surface area (TPSA) is 78.9 Å². The van der Waals surface area contributed by atoms with Crippen molar-refractivity contribution in [2.24, 2.45) is 5.92 Å². The van der Waals surface area contributed by atoms with Crippen LogP contribution in [0.25, 0.3) is 12.2 Å². The molecule has 0 spiro atoms. The number of hydrogen-bond donors (Lipinski definition) is 0. The normalized spacial score (nSPS) is 11.9. The first-order valence-corrected chi connectivity index (χ1v) is 11.3. The predicted molar refractivity (Wildman–Crippen MR) is 140 cm³/mol. The van der Waals surface area contributed by atoms with Crippen LogP contribution < -0.4 is 14.2 Å². The highest BCUT2D eigenvalue weighted by Gasteiger charge is 2.26. The molecular weight excluding hydrogens is 456 g/mol. The standard InChI is InChI=1S/C30H28O6/c1-34-24-14-9-21(10-15-24)11-16-26(31)25(20-28(33)23-7-5-4-6-8-23)27(32)17-12-22-13-18-29(35-2)30(19-22)36-3/h4-19,25H,20H2,1-3H3/b16-11+,17-12+. The van der Waals surface area contributed by atoms with Gasteiger partial charge in [-0.3, -0.25) is 14.4 Å². The summed E-state index contributed by atoms with van der Waals surface area (Å²) >= 11 is 0. The minimum atomic E-state index is -1.15. The van der Waals surface area contributed by atoms with E-state index in [4.69, 9.17) is 14.2 Å². The van der Waals surface area contributed by atoms with E-state index in [0.29, 0.717) is 28.4 Å². The third kappa shape index (κ3) is 7.03. The fourth-order valence-corrected chi connectivity index (χ4v) is 3.53. The number of allylic oxidation sites excluding steroid dienone is 2. The predicted octanol–water partition coefficient (Wildman–Crippen LogP) is 5.47. The first kappa shape index (κ1) is 26.2. The van der Waals surface area contributed by atoms with Gasteiger partial charge in [-0.15, -0.1) is 0 Å². The van der Waals surface area contributed by atoms with Crippen LogP contribution in [-0.4, -0.2) is 38.7 Å². The summed E-state index contributed by atoms with van der Waals surface area (Å²) in [5, 5.41) is 0. The molecule has 0 saturated heterocycles. The molecule has 0 fully saturated rings. The van der Waals surface area contributed by atoms with Crippen LogP contribution in [-0.2, 0) is 9.59 Å². The Kier molecular flexibility index (Phi) is 9.34. The van der Waals surface area contributed by atoms with Crippen molar-refractivity contribution in [3.8, 4) is 17.2 Å². The largest absolute Gasteiger partial charge is 0.497 e. The molecule has 0 aromatic heterocycles. The van der Waals surface area contributed by atoms with Crippen molar-refractivity contribution in [2.75, 3.05) is 21.3 Å². The maximum Gasteiger partial charge on any atom is 0.166 e. The summed E-state index contributed by atoms with van der Waals surface area (Å²) in [6.45, 7) is 0. The van der Waals surface area contributed by atoms with Gasteiger partial charge in [0.1, 0.15) is 5.75 Å². The summed E-state index contributed by atoms with van der Waals surface area (Å²) in [4.78, 5) is 39.1. The Morgan fingerprint density at radius 2 is 1.28 bits per heavy atom. The van der Waals surface area contributed by atoms with E-state index in [9.17, 15) is 14.4 Å². The van der Waals surface area contributed by atoms with Crippen LogP contribution in [0.15, 0.2) is 84.9 Å². The van der Waals surface area contributed by atoms with Crippen LogP contribution in [0.4, 0.5) is 0 Å². The number of ketones is 3. The fraction of sp³-hybridized carbons (Fsp3) is 0.167. The molecule has 0 aliphatic carbocycles. The van der Waals surface area contributed by atoms with Crippen LogP contribution in [0, 0.1) is 5.92 Å². The number of Topliss-reactive ketones (excluding diaryl/α,β-unsaturated/α-hetero) is 1. The Bertz CT molecular complexity index is 1260. The molecule has 0 aliphatic rings. The second-order valence-corrected chi connectivity index (χ2v) is 7.90. The van der Waals surface area contributed by atoms with E-state index in [1.807, 2.05) is 0 Å². The zero-order valence-electron chi connectivity index (χ0n) is 20.5. The molecule has 3 rings (SSSR count). The van der Waals surface area contributed by atoms with Crippen molar-refractivity contribution < 1.29 is 28.6 Å². The molecule has 0 saturated carbocycles. The smallest absolute Gasteiger partial charge is 0.166 e. The lowest BCUT2D eigenvalue weighted by Crippen LogP contribution is -2.24.